The number of carbonyl (C=O) groups excluding carboxylic acids is 5. The lowest BCUT2D eigenvalue weighted by molar-refractivity contribution is -0.148. The third kappa shape index (κ3) is 44.5. The van der Waals surface area contributed by atoms with E-state index in [1.807, 2.05) is 126 Å². The minimum atomic E-state index is -0.421. The largest absolute Gasteiger partial charge is 0.466 e. The van der Waals surface area contributed by atoms with Gasteiger partial charge in [0.2, 0.25) is 0 Å². The molecule has 0 spiro atoms. The maximum Gasteiger partial charge on any atom is 0.338 e. The molecule has 9 atom stereocenters. The lowest BCUT2D eigenvalue weighted by Gasteiger charge is -2.23. The van der Waals surface area contributed by atoms with E-state index in [2.05, 4.69) is 153 Å². The van der Waals surface area contributed by atoms with Gasteiger partial charge in [0.05, 0.1) is 56.1 Å². The van der Waals surface area contributed by atoms with E-state index >= 15 is 0 Å². The molecule has 7 aromatic rings. The molecule has 20 nitrogen and oxygen atoms in total. The standard InChI is InChI=1S/2C22H28O4.C18H28O4.C17H26O4.C16H23BrO4/c1-5-22(3,4)19-11-13-20(14-12-19)26-17(2)24-15-16-25-21(23)18-9-7-6-8-10-18;1-4-17(2)20-10-12-21(13-11-20)26-18(3)24-14-15-25-22(23)16-19-8-6-5-7-9-19;1-5-14(2)17-8-10-18(11-9-17)22-16(4)21-13-7-6-12-20-15(3)19;1-5-13(3)15-7-9-16(10-8-15)21-17(6-2)20-12-11-19-14(4)18;1-5-11(2)14-6-7-16(15(17)10-14)21-13(4)20-9-8-19-12(3)18/h6-14,17H,5,15-16H2,1-4H3;5-13,17-18H,4,14-16H2,1-3H3;8-11,14,16H,5-7,12-13H2,1-4H3;7-10,13,17H,5-6,11-12H2,1-4H3;6-7,10-11,13H,5,8-9H2,1-4H3. The molecule has 0 saturated carbocycles. The minimum absolute atomic E-state index is 0.156. The molecule has 0 aliphatic rings. The highest BCUT2D eigenvalue weighted by atomic mass is 79.9. The third-order valence-corrected chi connectivity index (χ3v) is 19.5. The molecule has 0 N–H and O–H groups in total. The summed E-state index contributed by atoms with van der Waals surface area (Å²) in [7, 11) is 0. The number of unbranched alkanes of at least 4 members (excludes halogenated alkanes) is 1. The van der Waals surface area contributed by atoms with E-state index < -0.39 is 18.9 Å². The lowest BCUT2D eigenvalue weighted by atomic mass is 9.82. The number of carbonyl (C=O) groups is 5. The van der Waals surface area contributed by atoms with Gasteiger partial charge in [0.15, 0.2) is 31.5 Å². The molecule has 0 amide bonds. The Kier molecular flexibility index (Phi) is 51.5. The molecule has 7 rings (SSSR count). The number of rotatable bonds is 46. The molecule has 0 fully saturated rings. The van der Waals surface area contributed by atoms with E-state index in [0.717, 1.165) is 90.2 Å². The number of hydrogen-bond donors (Lipinski definition) is 0. The Bertz CT molecular complexity index is 3760. The fourth-order valence-electron chi connectivity index (χ4n) is 10.6. The number of ether oxygens (including phenoxy) is 15. The van der Waals surface area contributed by atoms with Gasteiger partial charge < -0.3 is 71.1 Å². The zero-order valence-corrected chi connectivity index (χ0v) is 74.0. The molecule has 640 valence electrons. The van der Waals surface area contributed by atoms with Crippen LogP contribution in [0.5, 0.6) is 28.7 Å². The quantitative estimate of drug-likeness (QED) is 0.0150. The van der Waals surface area contributed by atoms with Crippen LogP contribution < -0.4 is 23.7 Å². The van der Waals surface area contributed by atoms with Gasteiger partial charge in [-0.1, -0.05) is 186 Å². The van der Waals surface area contributed by atoms with Crippen molar-refractivity contribution in [3.8, 4) is 28.7 Å². The highest BCUT2D eigenvalue weighted by Crippen LogP contribution is 2.32. The summed E-state index contributed by atoms with van der Waals surface area (Å²) in [4.78, 5) is 55.4. The van der Waals surface area contributed by atoms with Crippen molar-refractivity contribution < 1.29 is 95.0 Å². The van der Waals surface area contributed by atoms with Crippen molar-refractivity contribution in [1.82, 2.24) is 0 Å². The van der Waals surface area contributed by atoms with Crippen molar-refractivity contribution in [3.63, 3.8) is 0 Å². The topological polar surface area (TPSA) is 224 Å². The van der Waals surface area contributed by atoms with Crippen LogP contribution in [0, 0.1) is 0 Å². The van der Waals surface area contributed by atoms with E-state index in [0.29, 0.717) is 62.3 Å². The van der Waals surface area contributed by atoms with Crippen molar-refractivity contribution in [3.05, 3.63) is 219 Å². The number of esters is 5. The molecule has 0 aromatic heterocycles. The van der Waals surface area contributed by atoms with Gasteiger partial charge in [0.1, 0.15) is 55.2 Å². The molecular weight excluding hydrogens is 1540 g/mol. The first-order valence-electron chi connectivity index (χ1n) is 41.0. The summed E-state index contributed by atoms with van der Waals surface area (Å²) in [5, 5.41) is 0. The Morgan fingerprint density at radius 2 is 0.707 bits per heavy atom. The first kappa shape index (κ1) is 101. The van der Waals surface area contributed by atoms with E-state index in [9.17, 15) is 24.0 Å². The monoisotopic (exact) mass is 1670 g/mol. The molecule has 7 aromatic carbocycles. The molecule has 0 saturated heterocycles. The molecule has 116 heavy (non-hydrogen) atoms. The van der Waals surface area contributed by atoms with Gasteiger partial charge >= 0.3 is 29.8 Å². The van der Waals surface area contributed by atoms with Crippen LogP contribution in [0.1, 0.15) is 250 Å². The molecule has 0 heterocycles. The highest BCUT2D eigenvalue weighted by Gasteiger charge is 2.20. The van der Waals surface area contributed by atoms with Crippen LogP contribution in [0.25, 0.3) is 0 Å². The SMILES string of the molecule is CCC(C)(C)c1ccc(OC(C)OCCOC(=O)c2ccccc2)cc1.CCC(C)c1ccc(OC(C)OCCCCOC(C)=O)cc1.CCC(C)c1ccc(OC(C)OCCOC(=O)Cc2ccccc2)cc1.CCC(C)c1ccc(OC(C)OCCOC(C)=O)c(Br)c1.CCC(OCCOC(C)=O)Oc1ccc(C(C)CC)cc1. The summed E-state index contributed by atoms with van der Waals surface area (Å²) in [5.74, 6) is 4.62. The van der Waals surface area contributed by atoms with Gasteiger partial charge in [-0.25, -0.2) is 4.79 Å². The van der Waals surface area contributed by atoms with Crippen LogP contribution in [0.2, 0.25) is 0 Å². The number of benzene rings is 7. The second-order valence-corrected chi connectivity index (χ2v) is 29.4. The van der Waals surface area contributed by atoms with Crippen LogP contribution >= 0.6 is 15.9 Å². The zero-order valence-electron chi connectivity index (χ0n) is 72.4. The predicted molar refractivity (Wildman–Crippen MR) is 460 cm³/mol. The van der Waals surface area contributed by atoms with Crippen LogP contribution in [-0.4, -0.2) is 127 Å². The molecule has 0 bridgehead atoms. The molecule has 9 unspecified atom stereocenters. The van der Waals surface area contributed by atoms with Crippen molar-refractivity contribution >= 4 is 45.8 Å². The van der Waals surface area contributed by atoms with E-state index in [1.165, 1.54) is 48.6 Å². The first-order chi connectivity index (χ1) is 55.5. The normalized spacial score (nSPS) is 13.2. The Labute approximate surface area is 701 Å². The first-order valence-corrected chi connectivity index (χ1v) is 41.8. The van der Waals surface area contributed by atoms with Gasteiger partial charge in [0.25, 0.3) is 0 Å². The van der Waals surface area contributed by atoms with Crippen LogP contribution in [0.3, 0.4) is 0 Å². The Balaban J connectivity index is 0.000000376. The van der Waals surface area contributed by atoms with E-state index in [1.54, 1.807) is 24.3 Å². The zero-order chi connectivity index (χ0) is 85.6. The van der Waals surface area contributed by atoms with E-state index in [4.69, 9.17) is 71.1 Å². The van der Waals surface area contributed by atoms with Gasteiger partial charge in [-0.15, -0.1) is 0 Å². The van der Waals surface area contributed by atoms with Gasteiger partial charge in [-0.2, -0.15) is 0 Å². The fraction of sp³-hybridized carbons (Fsp3) is 0.505. The maximum absolute atomic E-state index is 11.8. The third-order valence-electron chi connectivity index (χ3n) is 18.8. The van der Waals surface area contributed by atoms with Gasteiger partial charge in [-0.05, 0) is 224 Å². The molecular formula is C95H133BrO20. The highest BCUT2D eigenvalue weighted by molar-refractivity contribution is 9.10. The van der Waals surface area contributed by atoms with Crippen molar-refractivity contribution in [2.24, 2.45) is 0 Å². The molecule has 21 heteroatoms. The average molecular weight is 1670 g/mol. The molecule has 0 radical (unpaired) electrons. The van der Waals surface area contributed by atoms with Crippen molar-refractivity contribution in [2.45, 2.75) is 250 Å². The van der Waals surface area contributed by atoms with Gasteiger partial charge in [-0.3, -0.25) is 19.2 Å². The summed E-state index contributed by atoms with van der Waals surface area (Å²) >= 11 is 3.52. The van der Waals surface area contributed by atoms with Crippen molar-refractivity contribution in [1.29, 1.82) is 0 Å². The lowest BCUT2D eigenvalue weighted by Crippen LogP contribution is -2.22. The Morgan fingerprint density at radius 3 is 1.12 bits per heavy atom. The number of halogens is 1. The van der Waals surface area contributed by atoms with Crippen LogP contribution in [0.15, 0.2) is 180 Å². The summed E-state index contributed by atoms with van der Waals surface area (Å²) < 4.78 is 82.1. The second-order valence-electron chi connectivity index (χ2n) is 28.6. The molecule has 0 aliphatic carbocycles. The van der Waals surface area contributed by atoms with Crippen LogP contribution in [-0.2, 0) is 78.4 Å². The minimum Gasteiger partial charge on any atom is -0.466 e. The van der Waals surface area contributed by atoms with Crippen LogP contribution in [0.4, 0.5) is 0 Å². The summed E-state index contributed by atoms with van der Waals surface area (Å²) in [6.07, 6.45) is 6.34. The molecule has 0 aliphatic heterocycles. The average Bonchev–Trinajstić information content (AvgIpc) is 0.852. The van der Waals surface area contributed by atoms with Gasteiger partial charge in [0, 0.05) is 27.2 Å². The second kappa shape index (κ2) is 58.9. The van der Waals surface area contributed by atoms with E-state index in [-0.39, 0.29) is 87.3 Å². The maximum atomic E-state index is 11.8. The summed E-state index contributed by atoms with van der Waals surface area (Å²) in [6, 6.07) is 57.0. The predicted octanol–water partition coefficient (Wildman–Crippen LogP) is 22.1. The Morgan fingerprint density at radius 1 is 0.353 bits per heavy atom. The number of hydrogen-bond acceptors (Lipinski definition) is 20. The fourth-order valence-corrected chi connectivity index (χ4v) is 11.1. The summed E-state index contributed by atoms with van der Waals surface area (Å²) in [5.41, 5.74) is 8.14. The summed E-state index contributed by atoms with van der Waals surface area (Å²) in [6.45, 7) is 40.8. The Hall–Kier alpha value is -8.83. The van der Waals surface area contributed by atoms with Crippen molar-refractivity contribution in [2.75, 3.05) is 66.1 Å². The smallest absolute Gasteiger partial charge is 0.338 e.